The van der Waals surface area contributed by atoms with Crippen molar-refractivity contribution in [2.75, 3.05) is 13.6 Å². The fourth-order valence-electron chi connectivity index (χ4n) is 1.87. The highest BCUT2D eigenvalue weighted by atomic mass is 127. The Bertz CT molecular complexity index is 597. The quantitative estimate of drug-likeness (QED) is 0.365. The van der Waals surface area contributed by atoms with E-state index in [1.54, 1.807) is 24.7 Å². The van der Waals surface area contributed by atoms with Crippen LogP contribution in [0.2, 0.25) is 0 Å². The van der Waals surface area contributed by atoms with Crippen molar-refractivity contribution in [2.45, 2.75) is 26.4 Å². The zero-order valence-electron chi connectivity index (χ0n) is 12.5. The molecule has 6 nitrogen and oxygen atoms in total. The lowest BCUT2D eigenvalue weighted by Crippen LogP contribution is -2.38. The minimum Gasteiger partial charge on any atom is -0.355 e. The summed E-state index contributed by atoms with van der Waals surface area (Å²) < 4.78 is 3.19. The van der Waals surface area contributed by atoms with Gasteiger partial charge in [0.1, 0.15) is 12.2 Å². The molecule has 9 heteroatoms. The van der Waals surface area contributed by atoms with Gasteiger partial charge in [0.2, 0.25) is 0 Å². The second-order valence-corrected chi connectivity index (χ2v) is 6.90. The standard InChI is InChI=1S/C13H19BrN6S.HI/c1-3-12-19-18-9-20(12)7-6-16-13(15-2)17-8-10-4-5-11(14)21-10;/h4-5,9H,3,6-8H2,1-2H3,(H2,15,16,17);1H. The van der Waals surface area contributed by atoms with Crippen molar-refractivity contribution in [1.82, 2.24) is 25.4 Å². The maximum Gasteiger partial charge on any atom is 0.191 e. The Morgan fingerprint density at radius 1 is 1.41 bits per heavy atom. The van der Waals surface area contributed by atoms with Crippen LogP contribution in [0, 0.1) is 0 Å². The van der Waals surface area contributed by atoms with Crippen LogP contribution in [0.3, 0.4) is 0 Å². The van der Waals surface area contributed by atoms with E-state index in [0.717, 1.165) is 41.6 Å². The van der Waals surface area contributed by atoms with E-state index in [-0.39, 0.29) is 24.0 Å². The average Bonchev–Trinajstić information content (AvgIpc) is 3.11. The van der Waals surface area contributed by atoms with Crippen molar-refractivity contribution in [3.8, 4) is 0 Å². The first-order valence-electron chi connectivity index (χ1n) is 6.78. The molecule has 122 valence electrons. The van der Waals surface area contributed by atoms with E-state index < -0.39 is 0 Å². The van der Waals surface area contributed by atoms with Crippen molar-refractivity contribution in [1.29, 1.82) is 0 Å². The third-order valence-electron chi connectivity index (χ3n) is 2.94. The highest BCUT2D eigenvalue weighted by Crippen LogP contribution is 2.21. The summed E-state index contributed by atoms with van der Waals surface area (Å²) >= 11 is 5.18. The van der Waals surface area contributed by atoms with Gasteiger partial charge in [-0.15, -0.1) is 45.5 Å². The maximum absolute atomic E-state index is 4.22. The summed E-state index contributed by atoms with van der Waals surface area (Å²) in [6.45, 7) is 4.44. The van der Waals surface area contributed by atoms with Crippen LogP contribution in [-0.2, 0) is 19.5 Å². The molecule has 0 fully saturated rings. The summed E-state index contributed by atoms with van der Waals surface area (Å²) in [5.41, 5.74) is 0. The van der Waals surface area contributed by atoms with Crippen LogP contribution in [0.1, 0.15) is 17.6 Å². The first-order chi connectivity index (χ1) is 10.2. The molecule has 0 radical (unpaired) electrons. The fourth-order valence-corrected chi connectivity index (χ4v) is 3.30. The van der Waals surface area contributed by atoms with Crippen LogP contribution >= 0.6 is 51.2 Å². The van der Waals surface area contributed by atoms with Gasteiger partial charge in [0.25, 0.3) is 0 Å². The molecule has 0 amide bonds. The van der Waals surface area contributed by atoms with Gasteiger partial charge in [-0.3, -0.25) is 4.99 Å². The van der Waals surface area contributed by atoms with Crippen molar-refractivity contribution in [3.05, 3.63) is 32.9 Å². The van der Waals surface area contributed by atoms with Crippen LogP contribution in [0.15, 0.2) is 27.2 Å². The second kappa shape index (κ2) is 10.2. The number of hydrogen-bond donors (Lipinski definition) is 2. The number of rotatable bonds is 6. The predicted molar refractivity (Wildman–Crippen MR) is 105 cm³/mol. The SMILES string of the molecule is CCc1nncn1CCNC(=NC)NCc1ccc(Br)s1.I. The average molecular weight is 499 g/mol. The molecule has 2 aromatic rings. The van der Waals surface area contributed by atoms with Crippen molar-refractivity contribution in [3.63, 3.8) is 0 Å². The molecule has 2 rings (SSSR count). The zero-order valence-corrected chi connectivity index (χ0v) is 17.3. The van der Waals surface area contributed by atoms with Gasteiger partial charge in [0, 0.05) is 31.4 Å². The monoisotopic (exact) mass is 498 g/mol. The first kappa shape index (κ1) is 19.4. The number of aliphatic imine (C=N–C) groups is 1. The summed E-state index contributed by atoms with van der Waals surface area (Å²) in [5, 5.41) is 14.6. The van der Waals surface area contributed by atoms with Crippen molar-refractivity contribution >= 4 is 57.2 Å². The lowest BCUT2D eigenvalue weighted by Gasteiger charge is -2.12. The third kappa shape index (κ3) is 5.84. The fraction of sp³-hybridized carbons (Fsp3) is 0.462. The van der Waals surface area contributed by atoms with Crippen LogP contribution < -0.4 is 10.6 Å². The summed E-state index contributed by atoms with van der Waals surface area (Å²) in [6, 6.07) is 4.15. The molecule has 0 unspecified atom stereocenters. The van der Waals surface area contributed by atoms with Gasteiger partial charge in [-0.2, -0.15) is 0 Å². The molecule has 0 spiro atoms. The lowest BCUT2D eigenvalue weighted by molar-refractivity contribution is 0.633. The molecule has 0 aliphatic rings. The van der Waals surface area contributed by atoms with E-state index in [2.05, 4.69) is 65.4 Å². The number of guanidine groups is 1. The molecule has 2 aromatic heterocycles. The Balaban J connectivity index is 0.00000242. The summed E-state index contributed by atoms with van der Waals surface area (Å²) in [7, 11) is 1.77. The molecule has 0 aliphatic carbocycles. The molecule has 0 aromatic carbocycles. The normalized spacial score (nSPS) is 11.1. The molecule has 0 aliphatic heterocycles. The van der Waals surface area contributed by atoms with Gasteiger partial charge in [0.05, 0.1) is 10.3 Å². The number of aryl methyl sites for hydroxylation is 1. The highest BCUT2D eigenvalue weighted by Gasteiger charge is 2.03. The topological polar surface area (TPSA) is 67.1 Å². The van der Waals surface area contributed by atoms with E-state index in [4.69, 9.17) is 0 Å². The first-order valence-corrected chi connectivity index (χ1v) is 8.39. The van der Waals surface area contributed by atoms with Crippen molar-refractivity contribution in [2.24, 2.45) is 4.99 Å². The van der Waals surface area contributed by atoms with Crippen LogP contribution in [0.25, 0.3) is 0 Å². The summed E-state index contributed by atoms with van der Waals surface area (Å²) in [4.78, 5) is 5.48. The Kier molecular flexibility index (Phi) is 8.95. The van der Waals surface area contributed by atoms with E-state index in [0.29, 0.717) is 0 Å². The largest absolute Gasteiger partial charge is 0.355 e. The number of hydrogen-bond acceptors (Lipinski definition) is 4. The third-order valence-corrected chi connectivity index (χ3v) is 4.56. The molecular formula is C13H20BrIN6S. The zero-order chi connectivity index (χ0) is 15.1. The molecule has 22 heavy (non-hydrogen) atoms. The van der Waals surface area contributed by atoms with Gasteiger partial charge < -0.3 is 15.2 Å². The van der Waals surface area contributed by atoms with Gasteiger partial charge in [0.15, 0.2) is 5.96 Å². The number of nitrogens with zero attached hydrogens (tertiary/aromatic N) is 4. The van der Waals surface area contributed by atoms with E-state index in [1.807, 2.05) is 0 Å². The van der Waals surface area contributed by atoms with Gasteiger partial charge in [-0.05, 0) is 28.1 Å². The molecule has 0 bridgehead atoms. The van der Waals surface area contributed by atoms with Gasteiger partial charge >= 0.3 is 0 Å². The molecule has 2 N–H and O–H groups in total. The van der Waals surface area contributed by atoms with Crippen molar-refractivity contribution < 1.29 is 0 Å². The molecule has 0 atom stereocenters. The van der Waals surface area contributed by atoms with Gasteiger partial charge in [-0.25, -0.2) is 0 Å². The number of nitrogens with one attached hydrogen (secondary N) is 2. The van der Waals surface area contributed by atoms with E-state index in [1.165, 1.54) is 4.88 Å². The number of thiophene rings is 1. The van der Waals surface area contributed by atoms with Crippen LogP contribution in [-0.4, -0.2) is 34.3 Å². The minimum atomic E-state index is 0. The Morgan fingerprint density at radius 2 is 2.23 bits per heavy atom. The second-order valence-electron chi connectivity index (χ2n) is 4.35. The van der Waals surface area contributed by atoms with Gasteiger partial charge in [-0.1, -0.05) is 6.92 Å². The Morgan fingerprint density at radius 3 is 2.86 bits per heavy atom. The molecule has 2 heterocycles. The van der Waals surface area contributed by atoms with Crippen LogP contribution in [0.5, 0.6) is 0 Å². The number of halogens is 2. The molecular weight excluding hydrogens is 479 g/mol. The summed E-state index contributed by atoms with van der Waals surface area (Å²) in [6.07, 6.45) is 2.65. The predicted octanol–water partition coefficient (Wildman–Crippen LogP) is 2.65. The van der Waals surface area contributed by atoms with Crippen LogP contribution in [0.4, 0.5) is 0 Å². The maximum atomic E-state index is 4.22. The molecule has 0 saturated heterocycles. The minimum absolute atomic E-state index is 0. The lowest BCUT2D eigenvalue weighted by atomic mass is 10.4. The molecule has 0 saturated carbocycles. The number of aromatic nitrogens is 3. The Hall–Kier alpha value is -0.680. The van der Waals surface area contributed by atoms with E-state index >= 15 is 0 Å². The van der Waals surface area contributed by atoms with E-state index in [9.17, 15) is 0 Å². The Labute approximate surface area is 160 Å². The smallest absolute Gasteiger partial charge is 0.191 e. The highest BCUT2D eigenvalue weighted by molar-refractivity contribution is 14.0. The summed E-state index contributed by atoms with van der Waals surface area (Å²) in [5.74, 6) is 1.80.